The van der Waals surface area contributed by atoms with Crippen LogP contribution >= 0.6 is 23.5 Å². The van der Waals surface area contributed by atoms with Crippen LogP contribution in [0.5, 0.6) is 0 Å². The first-order valence-electron chi connectivity index (χ1n) is 4.28. The van der Waals surface area contributed by atoms with Crippen LogP contribution in [0.4, 0.5) is 0 Å². The maximum Gasteiger partial charge on any atom is 0.0191 e. The van der Waals surface area contributed by atoms with Gasteiger partial charge in [-0.2, -0.15) is 23.5 Å². The smallest absolute Gasteiger partial charge is 0.0191 e. The van der Waals surface area contributed by atoms with Crippen molar-refractivity contribution in [3.05, 3.63) is 0 Å². The van der Waals surface area contributed by atoms with Gasteiger partial charge in [-0.15, -0.1) is 0 Å². The Kier molecular flexibility index (Phi) is 2.40. The molecule has 0 aromatic carbocycles. The summed E-state index contributed by atoms with van der Waals surface area (Å²) < 4.78 is 0.616. The molecule has 2 rings (SSSR count). The molecule has 1 unspecified atom stereocenters. The van der Waals surface area contributed by atoms with Crippen molar-refractivity contribution in [3.8, 4) is 0 Å². The summed E-state index contributed by atoms with van der Waals surface area (Å²) in [6, 6.07) is 0.489. The molecule has 1 atom stereocenters. The van der Waals surface area contributed by atoms with Gasteiger partial charge in [-0.1, -0.05) is 0 Å². The Balaban J connectivity index is 1.98. The predicted octanol–water partition coefficient (Wildman–Crippen LogP) is 1.72. The van der Waals surface area contributed by atoms with Crippen LogP contribution in [0.15, 0.2) is 0 Å². The summed E-state index contributed by atoms with van der Waals surface area (Å²) >= 11 is 4.24. The fraction of sp³-hybridized carbons (Fsp3) is 1.00. The van der Waals surface area contributed by atoms with Gasteiger partial charge in [0.15, 0.2) is 0 Å². The van der Waals surface area contributed by atoms with E-state index in [2.05, 4.69) is 23.5 Å². The van der Waals surface area contributed by atoms with Crippen LogP contribution in [0.2, 0.25) is 0 Å². The topological polar surface area (TPSA) is 26.0 Å². The van der Waals surface area contributed by atoms with Crippen LogP contribution in [-0.4, -0.2) is 28.0 Å². The molecule has 11 heavy (non-hydrogen) atoms. The number of rotatable bonds is 0. The van der Waals surface area contributed by atoms with E-state index in [-0.39, 0.29) is 0 Å². The molecule has 2 aliphatic heterocycles. The van der Waals surface area contributed by atoms with Crippen molar-refractivity contribution in [2.24, 2.45) is 5.73 Å². The summed E-state index contributed by atoms with van der Waals surface area (Å²) in [5.41, 5.74) is 5.91. The van der Waals surface area contributed by atoms with Crippen LogP contribution in [0.25, 0.3) is 0 Å². The molecule has 64 valence electrons. The Morgan fingerprint density at radius 1 is 1.27 bits per heavy atom. The van der Waals surface area contributed by atoms with Crippen molar-refractivity contribution < 1.29 is 0 Å². The van der Waals surface area contributed by atoms with Crippen LogP contribution in [-0.2, 0) is 0 Å². The number of hydrogen-bond donors (Lipinski definition) is 1. The third-order valence-electron chi connectivity index (χ3n) is 2.64. The molecule has 3 heteroatoms. The fourth-order valence-electron chi connectivity index (χ4n) is 1.97. The quantitative estimate of drug-likeness (QED) is 0.628. The van der Waals surface area contributed by atoms with E-state index < -0.39 is 0 Å². The Bertz CT molecular complexity index is 138. The van der Waals surface area contributed by atoms with E-state index in [0.29, 0.717) is 10.8 Å². The second-order valence-corrected chi connectivity index (χ2v) is 6.28. The van der Waals surface area contributed by atoms with Gasteiger partial charge >= 0.3 is 0 Å². The van der Waals surface area contributed by atoms with Gasteiger partial charge in [0.2, 0.25) is 0 Å². The van der Waals surface area contributed by atoms with Gasteiger partial charge in [0.05, 0.1) is 0 Å². The first-order valence-corrected chi connectivity index (χ1v) is 6.42. The highest BCUT2D eigenvalue weighted by Crippen LogP contribution is 2.46. The van der Waals surface area contributed by atoms with Gasteiger partial charge in [-0.3, -0.25) is 0 Å². The van der Waals surface area contributed by atoms with Gasteiger partial charge < -0.3 is 5.73 Å². The molecule has 2 N–H and O–H groups in total. The molecule has 0 amide bonds. The van der Waals surface area contributed by atoms with Crippen molar-refractivity contribution in [1.29, 1.82) is 0 Å². The van der Waals surface area contributed by atoms with Crippen molar-refractivity contribution in [2.45, 2.75) is 30.1 Å². The van der Waals surface area contributed by atoms with Crippen LogP contribution in [0.3, 0.4) is 0 Å². The second-order valence-electron chi connectivity index (χ2n) is 3.57. The van der Waals surface area contributed by atoms with Gasteiger partial charge in [-0.25, -0.2) is 0 Å². The maximum atomic E-state index is 5.91. The molecule has 0 aliphatic carbocycles. The lowest BCUT2D eigenvalue weighted by molar-refractivity contribution is 0.493. The molecule has 2 aliphatic rings. The van der Waals surface area contributed by atoms with Crippen LogP contribution in [0, 0.1) is 0 Å². The van der Waals surface area contributed by atoms with Crippen LogP contribution < -0.4 is 5.73 Å². The minimum Gasteiger partial charge on any atom is -0.327 e. The maximum absolute atomic E-state index is 5.91. The minimum absolute atomic E-state index is 0.489. The average molecular weight is 189 g/mol. The molecule has 0 radical (unpaired) electrons. The summed E-state index contributed by atoms with van der Waals surface area (Å²) in [6.45, 7) is 0. The molecule has 1 nitrogen and oxygen atoms in total. The first-order chi connectivity index (χ1) is 5.31. The van der Waals surface area contributed by atoms with Gasteiger partial charge in [-0.05, 0) is 30.8 Å². The molecule has 0 aromatic heterocycles. The molecule has 2 heterocycles. The zero-order chi connectivity index (χ0) is 7.73. The highest BCUT2D eigenvalue weighted by Gasteiger charge is 2.39. The van der Waals surface area contributed by atoms with E-state index in [1.54, 1.807) is 0 Å². The SMILES string of the molecule is NC1CSC2(CCSCC2)C1. The van der Waals surface area contributed by atoms with E-state index in [9.17, 15) is 0 Å². The van der Waals surface area contributed by atoms with E-state index in [4.69, 9.17) is 5.73 Å². The van der Waals surface area contributed by atoms with Crippen LogP contribution in [0.1, 0.15) is 19.3 Å². The zero-order valence-corrected chi connectivity index (χ0v) is 8.35. The Morgan fingerprint density at radius 2 is 2.00 bits per heavy atom. The molecule has 1 spiro atoms. The van der Waals surface area contributed by atoms with E-state index in [0.717, 1.165) is 0 Å². The molecule has 2 saturated heterocycles. The van der Waals surface area contributed by atoms with Crippen molar-refractivity contribution in [2.75, 3.05) is 17.3 Å². The monoisotopic (exact) mass is 189 g/mol. The van der Waals surface area contributed by atoms with E-state index in [1.165, 1.54) is 36.5 Å². The first kappa shape index (κ1) is 8.27. The second kappa shape index (κ2) is 3.19. The van der Waals surface area contributed by atoms with Crippen molar-refractivity contribution in [1.82, 2.24) is 0 Å². The van der Waals surface area contributed by atoms with Crippen molar-refractivity contribution >= 4 is 23.5 Å². The number of thioether (sulfide) groups is 2. The molecular weight excluding hydrogens is 174 g/mol. The predicted molar refractivity (Wildman–Crippen MR) is 54.3 cm³/mol. The fourth-order valence-corrected chi connectivity index (χ4v) is 5.01. The van der Waals surface area contributed by atoms with Crippen molar-refractivity contribution in [3.63, 3.8) is 0 Å². The molecular formula is C8H15NS2. The lowest BCUT2D eigenvalue weighted by Crippen LogP contribution is -2.30. The molecule has 0 aromatic rings. The summed E-state index contributed by atoms with van der Waals surface area (Å²) in [5, 5.41) is 0. The summed E-state index contributed by atoms with van der Waals surface area (Å²) in [7, 11) is 0. The number of nitrogens with two attached hydrogens (primary N) is 1. The van der Waals surface area contributed by atoms with Gasteiger partial charge in [0.1, 0.15) is 0 Å². The van der Waals surface area contributed by atoms with E-state index >= 15 is 0 Å². The lowest BCUT2D eigenvalue weighted by Gasteiger charge is -2.31. The zero-order valence-electron chi connectivity index (χ0n) is 6.71. The lowest BCUT2D eigenvalue weighted by atomic mass is 9.95. The highest BCUT2D eigenvalue weighted by atomic mass is 32.2. The summed E-state index contributed by atoms with van der Waals surface area (Å²) in [6.07, 6.45) is 4.07. The third kappa shape index (κ3) is 1.70. The molecule has 0 saturated carbocycles. The normalized spacial score (nSPS) is 36.3. The average Bonchev–Trinajstić information content (AvgIpc) is 2.34. The Labute approximate surface area is 76.9 Å². The summed E-state index contributed by atoms with van der Waals surface area (Å²) in [4.78, 5) is 0. The van der Waals surface area contributed by atoms with Gasteiger partial charge in [0, 0.05) is 16.5 Å². The van der Waals surface area contributed by atoms with Gasteiger partial charge in [0.25, 0.3) is 0 Å². The minimum atomic E-state index is 0.489. The Morgan fingerprint density at radius 3 is 2.55 bits per heavy atom. The van der Waals surface area contributed by atoms with E-state index in [1.807, 2.05) is 0 Å². The standard InChI is InChI=1S/C8H15NS2/c9-7-5-8(11-6-7)1-3-10-4-2-8/h7H,1-6,9H2. The highest BCUT2D eigenvalue weighted by molar-refractivity contribution is 8.01. The largest absolute Gasteiger partial charge is 0.327 e. The number of hydrogen-bond acceptors (Lipinski definition) is 3. The Hall–Kier alpha value is 0.660. The third-order valence-corrected chi connectivity index (χ3v) is 5.41. The summed E-state index contributed by atoms with van der Waals surface area (Å²) in [5.74, 6) is 3.92. The molecule has 2 fully saturated rings. The molecule has 0 bridgehead atoms.